The first-order valence-electron chi connectivity index (χ1n) is 5.75. The molecule has 1 aromatic rings. The molecule has 0 amide bonds. The van der Waals surface area contributed by atoms with Gasteiger partial charge in [0.25, 0.3) is 0 Å². The van der Waals surface area contributed by atoms with Crippen LogP contribution in [-0.4, -0.2) is 12.1 Å². The zero-order chi connectivity index (χ0) is 12.0. The molecule has 0 radical (unpaired) electrons. The largest absolute Gasteiger partial charge is 0.487 e. The lowest BCUT2D eigenvalue weighted by Gasteiger charge is -2.11. The van der Waals surface area contributed by atoms with E-state index < -0.39 is 0 Å². The van der Waals surface area contributed by atoms with Gasteiger partial charge in [0.2, 0.25) is 0 Å². The third-order valence-electron chi connectivity index (χ3n) is 2.47. The van der Waals surface area contributed by atoms with Gasteiger partial charge >= 0.3 is 0 Å². The Hall–Kier alpha value is -1.28. The van der Waals surface area contributed by atoms with Crippen molar-refractivity contribution in [2.24, 2.45) is 5.73 Å². The maximum absolute atomic E-state index is 5.72. The minimum atomic E-state index is 0.0508. The minimum absolute atomic E-state index is 0.0508. The molecule has 2 atom stereocenters. The van der Waals surface area contributed by atoms with Crippen LogP contribution >= 0.6 is 0 Å². The Balaban J connectivity index is 2.50. The summed E-state index contributed by atoms with van der Waals surface area (Å²) in [5.41, 5.74) is 7.02. The number of nitrogens with two attached hydrogens (primary N) is 1. The van der Waals surface area contributed by atoms with Gasteiger partial charge in [0.05, 0.1) is 0 Å². The topological polar surface area (TPSA) is 35.2 Å². The molecule has 0 fully saturated rings. The van der Waals surface area contributed by atoms with Gasteiger partial charge in [0.1, 0.15) is 11.9 Å². The summed E-state index contributed by atoms with van der Waals surface area (Å²) >= 11 is 0. The predicted molar refractivity (Wildman–Crippen MR) is 68.7 cm³/mol. The van der Waals surface area contributed by atoms with Gasteiger partial charge in [-0.25, -0.2) is 0 Å². The highest BCUT2D eigenvalue weighted by Gasteiger charge is 2.00. The van der Waals surface area contributed by atoms with E-state index in [-0.39, 0.29) is 12.1 Å². The molecule has 1 rings (SSSR count). The van der Waals surface area contributed by atoms with E-state index in [1.165, 1.54) is 5.56 Å². The van der Waals surface area contributed by atoms with Crippen LogP contribution in [0.4, 0.5) is 0 Å². The summed E-state index contributed by atoms with van der Waals surface area (Å²) in [5, 5.41) is 0. The Morgan fingerprint density at radius 2 is 1.94 bits per heavy atom. The standard InChI is InChI=1S/C14H21NO/c1-4-12(3)16-14-9-7-13(8-10-14)6-5-11(2)15/h4,7-12H,1,5-6,15H2,2-3H3. The summed E-state index contributed by atoms with van der Waals surface area (Å²) in [5.74, 6) is 0.886. The van der Waals surface area contributed by atoms with E-state index >= 15 is 0 Å². The first-order chi connectivity index (χ1) is 7.61. The molecule has 2 unspecified atom stereocenters. The third kappa shape index (κ3) is 4.49. The van der Waals surface area contributed by atoms with Crippen molar-refractivity contribution in [1.29, 1.82) is 0 Å². The summed E-state index contributed by atoms with van der Waals surface area (Å²) in [6.07, 6.45) is 3.87. The summed E-state index contributed by atoms with van der Waals surface area (Å²) in [7, 11) is 0. The highest BCUT2D eigenvalue weighted by Crippen LogP contribution is 2.15. The first kappa shape index (κ1) is 12.8. The highest BCUT2D eigenvalue weighted by molar-refractivity contribution is 5.27. The van der Waals surface area contributed by atoms with Crippen LogP contribution in [0.25, 0.3) is 0 Å². The lowest BCUT2D eigenvalue weighted by molar-refractivity contribution is 0.270. The quantitative estimate of drug-likeness (QED) is 0.747. The smallest absolute Gasteiger partial charge is 0.120 e. The van der Waals surface area contributed by atoms with Crippen molar-refractivity contribution in [3.05, 3.63) is 42.5 Å². The molecule has 2 nitrogen and oxygen atoms in total. The summed E-state index contributed by atoms with van der Waals surface area (Å²) in [4.78, 5) is 0. The zero-order valence-electron chi connectivity index (χ0n) is 10.1. The molecule has 1 aromatic carbocycles. The Bertz CT molecular complexity index is 316. The molecule has 0 saturated heterocycles. The number of hydrogen-bond donors (Lipinski definition) is 1. The molecule has 2 heteroatoms. The van der Waals surface area contributed by atoms with E-state index in [0.717, 1.165) is 18.6 Å². The molecule has 0 aliphatic heterocycles. The second-order valence-electron chi connectivity index (χ2n) is 4.22. The van der Waals surface area contributed by atoms with Gasteiger partial charge in [-0.15, -0.1) is 0 Å². The van der Waals surface area contributed by atoms with E-state index in [0.29, 0.717) is 0 Å². The van der Waals surface area contributed by atoms with Crippen LogP contribution < -0.4 is 10.5 Å². The molecule has 0 aromatic heterocycles. The lowest BCUT2D eigenvalue weighted by Crippen LogP contribution is -2.15. The van der Waals surface area contributed by atoms with Crippen LogP contribution in [-0.2, 0) is 6.42 Å². The van der Waals surface area contributed by atoms with Gasteiger partial charge in [-0.2, -0.15) is 0 Å². The van der Waals surface area contributed by atoms with Crippen LogP contribution in [0.2, 0.25) is 0 Å². The molecule has 0 aliphatic carbocycles. The maximum atomic E-state index is 5.72. The maximum Gasteiger partial charge on any atom is 0.120 e. The van der Waals surface area contributed by atoms with Crippen molar-refractivity contribution < 1.29 is 4.74 Å². The second-order valence-corrected chi connectivity index (χ2v) is 4.22. The molecule has 0 bridgehead atoms. The average Bonchev–Trinajstić information content (AvgIpc) is 2.28. The number of hydrogen-bond acceptors (Lipinski definition) is 2. The average molecular weight is 219 g/mol. The summed E-state index contributed by atoms with van der Waals surface area (Å²) in [6, 6.07) is 8.44. The Kier molecular flexibility index (Phi) is 5.06. The fraction of sp³-hybridized carbons (Fsp3) is 0.429. The van der Waals surface area contributed by atoms with Gasteiger partial charge in [-0.05, 0) is 44.4 Å². The fourth-order valence-corrected chi connectivity index (χ4v) is 1.39. The molecular formula is C14H21NO. The SMILES string of the molecule is C=CC(C)Oc1ccc(CCC(C)N)cc1. The van der Waals surface area contributed by atoms with E-state index in [1.807, 2.05) is 26.0 Å². The summed E-state index contributed by atoms with van der Waals surface area (Å²) in [6.45, 7) is 7.68. The van der Waals surface area contributed by atoms with Crippen molar-refractivity contribution in [1.82, 2.24) is 0 Å². The highest BCUT2D eigenvalue weighted by atomic mass is 16.5. The van der Waals surface area contributed by atoms with Gasteiger partial charge in [-0.1, -0.05) is 24.8 Å². The number of aryl methyl sites for hydroxylation is 1. The van der Waals surface area contributed by atoms with Crippen LogP contribution in [0, 0.1) is 0 Å². The predicted octanol–water partition coefficient (Wildman–Crippen LogP) is 2.92. The van der Waals surface area contributed by atoms with Crippen LogP contribution in [0.5, 0.6) is 5.75 Å². The van der Waals surface area contributed by atoms with Gasteiger partial charge in [-0.3, -0.25) is 0 Å². The van der Waals surface area contributed by atoms with E-state index in [1.54, 1.807) is 6.08 Å². The van der Waals surface area contributed by atoms with Crippen LogP contribution in [0.3, 0.4) is 0 Å². The summed E-state index contributed by atoms with van der Waals surface area (Å²) < 4.78 is 5.60. The minimum Gasteiger partial charge on any atom is -0.487 e. The Morgan fingerprint density at radius 1 is 1.31 bits per heavy atom. The van der Waals surface area contributed by atoms with Crippen LogP contribution in [0.15, 0.2) is 36.9 Å². The zero-order valence-corrected chi connectivity index (χ0v) is 10.1. The molecule has 16 heavy (non-hydrogen) atoms. The number of ether oxygens (including phenoxy) is 1. The second kappa shape index (κ2) is 6.33. The van der Waals surface area contributed by atoms with Crippen molar-refractivity contribution in [3.8, 4) is 5.75 Å². The first-order valence-corrected chi connectivity index (χ1v) is 5.75. The normalized spacial score (nSPS) is 14.2. The van der Waals surface area contributed by atoms with Crippen molar-refractivity contribution >= 4 is 0 Å². The monoisotopic (exact) mass is 219 g/mol. The molecule has 0 spiro atoms. The fourth-order valence-electron chi connectivity index (χ4n) is 1.39. The lowest BCUT2D eigenvalue weighted by atomic mass is 10.1. The van der Waals surface area contributed by atoms with Crippen LogP contribution in [0.1, 0.15) is 25.8 Å². The van der Waals surface area contributed by atoms with E-state index in [2.05, 4.69) is 18.7 Å². The van der Waals surface area contributed by atoms with Crippen molar-refractivity contribution in [2.45, 2.75) is 38.8 Å². The Morgan fingerprint density at radius 3 is 2.44 bits per heavy atom. The van der Waals surface area contributed by atoms with E-state index in [4.69, 9.17) is 10.5 Å². The number of rotatable bonds is 6. The van der Waals surface area contributed by atoms with Crippen molar-refractivity contribution in [3.63, 3.8) is 0 Å². The Labute approximate surface area is 98.1 Å². The third-order valence-corrected chi connectivity index (χ3v) is 2.47. The molecule has 88 valence electrons. The van der Waals surface area contributed by atoms with Gasteiger partial charge in [0, 0.05) is 6.04 Å². The number of benzene rings is 1. The van der Waals surface area contributed by atoms with Gasteiger partial charge in [0.15, 0.2) is 0 Å². The molecular weight excluding hydrogens is 198 g/mol. The van der Waals surface area contributed by atoms with Crippen molar-refractivity contribution in [2.75, 3.05) is 0 Å². The molecule has 0 saturated carbocycles. The molecule has 2 N–H and O–H groups in total. The van der Waals surface area contributed by atoms with E-state index in [9.17, 15) is 0 Å². The van der Waals surface area contributed by atoms with Gasteiger partial charge < -0.3 is 10.5 Å². The molecule has 0 aliphatic rings. The molecule has 0 heterocycles.